The van der Waals surface area contributed by atoms with Crippen molar-refractivity contribution in [1.82, 2.24) is 14.6 Å². The van der Waals surface area contributed by atoms with Gasteiger partial charge in [-0.2, -0.15) is 4.52 Å². The molecule has 1 N–H and O–H groups in total. The van der Waals surface area contributed by atoms with Crippen molar-refractivity contribution in [2.45, 2.75) is 33.2 Å². The molecule has 1 atom stereocenters. The van der Waals surface area contributed by atoms with Crippen LogP contribution in [0.3, 0.4) is 0 Å². The molecule has 1 aromatic carbocycles. The molecule has 3 rings (SSSR count). The molecule has 2 heterocycles. The normalized spacial score (nSPS) is 12.3. The second-order valence-corrected chi connectivity index (χ2v) is 6.37. The largest absolute Gasteiger partial charge is 0.494 e. The summed E-state index contributed by atoms with van der Waals surface area (Å²) >= 11 is 1.38. The fourth-order valence-electron chi connectivity index (χ4n) is 2.40. The topological polar surface area (TPSA) is 68.5 Å². The highest BCUT2D eigenvalue weighted by Crippen LogP contribution is 2.25. The second kappa shape index (κ2) is 7.00. The van der Waals surface area contributed by atoms with Gasteiger partial charge in [0.1, 0.15) is 5.75 Å². The number of ether oxygens (including phenoxy) is 1. The van der Waals surface area contributed by atoms with Crippen LogP contribution in [0.4, 0.5) is 5.13 Å². The fourth-order valence-corrected chi connectivity index (χ4v) is 3.32. The minimum atomic E-state index is -0.146. The van der Waals surface area contributed by atoms with Crippen LogP contribution in [-0.2, 0) is 6.42 Å². The van der Waals surface area contributed by atoms with Crippen molar-refractivity contribution in [1.29, 1.82) is 0 Å². The number of nitrogens with zero attached hydrogens (tertiary/aromatic N) is 3. The third-order valence-electron chi connectivity index (χ3n) is 3.67. The Morgan fingerprint density at radius 1 is 1.33 bits per heavy atom. The third kappa shape index (κ3) is 3.41. The first-order valence-electron chi connectivity index (χ1n) is 7.99. The highest BCUT2D eigenvalue weighted by atomic mass is 32.1. The molecular weight excluding hydrogens is 324 g/mol. The van der Waals surface area contributed by atoms with Crippen LogP contribution in [0.5, 0.6) is 5.75 Å². The molecule has 0 saturated heterocycles. The molecule has 0 saturated carbocycles. The number of fused-ring (bicyclic) bond motifs is 1. The van der Waals surface area contributed by atoms with Crippen LogP contribution < -0.4 is 15.6 Å². The van der Waals surface area contributed by atoms with E-state index in [0.29, 0.717) is 16.7 Å². The van der Waals surface area contributed by atoms with E-state index < -0.39 is 0 Å². The lowest BCUT2D eigenvalue weighted by atomic mass is 10.1. The molecule has 0 fully saturated rings. The van der Waals surface area contributed by atoms with Crippen molar-refractivity contribution in [2.75, 3.05) is 11.9 Å². The zero-order valence-electron chi connectivity index (χ0n) is 13.9. The fraction of sp³-hybridized carbons (Fsp3) is 0.353. The summed E-state index contributed by atoms with van der Waals surface area (Å²) in [6.07, 6.45) is 0.729. The molecule has 2 aromatic heterocycles. The Hall–Kier alpha value is -2.41. The predicted octanol–water partition coefficient (Wildman–Crippen LogP) is 3.29. The van der Waals surface area contributed by atoms with Gasteiger partial charge in [0.2, 0.25) is 10.1 Å². The highest BCUT2D eigenvalue weighted by Gasteiger charge is 2.12. The molecule has 0 bridgehead atoms. The maximum absolute atomic E-state index is 12.1. The summed E-state index contributed by atoms with van der Waals surface area (Å²) in [5.41, 5.74) is 1.73. The first-order valence-corrected chi connectivity index (χ1v) is 8.81. The molecule has 1 unspecified atom stereocenters. The SMILES string of the molecule is CCOc1cccc(C(C)Nc2nn3c(=O)cc(CC)nc3s2)c1. The highest BCUT2D eigenvalue weighted by molar-refractivity contribution is 7.20. The molecule has 6 nitrogen and oxygen atoms in total. The molecule has 0 radical (unpaired) electrons. The van der Waals surface area contributed by atoms with Crippen molar-refractivity contribution in [2.24, 2.45) is 0 Å². The number of hydrogen-bond donors (Lipinski definition) is 1. The minimum Gasteiger partial charge on any atom is -0.494 e. The monoisotopic (exact) mass is 344 g/mol. The van der Waals surface area contributed by atoms with E-state index in [2.05, 4.69) is 15.4 Å². The van der Waals surface area contributed by atoms with Gasteiger partial charge in [0, 0.05) is 11.8 Å². The van der Waals surface area contributed by atoms with Gasteiger partial charge in [0.05, 0.1) is 12.6 Å². The Labute approximate surface area is 144 Å². The van der Waals surface area contributed by atoms with E-state index in [1.807, 2.05) is 45.0 Å². The molecule has 3 aromatic rings. The second-order valence-electron chi connectivity index (χ2n) is 5.41. The van der Waals surface area contributed by atoms with Gasteiger partial charge in [-0.05, 0) is 38.0 Å². The number of benzene rings is 1. The third-order valence-corrected chi connectivity index (χ3v) is 4.51. The van der Waals surface area contributed by atoms with Gasteiger partial charge < -0.3 is 10.1 Å². The first-order chi connectivity index (χ1) is 11.6. The van der Waals surface area contributed by atoms with Gasteiger partial charge in [0.25, 0.3) is 5.56 Å². The maximum Gasteiger partial charge on any atom is 0.275 e. The molecule has 0 aliphatic carbocycles. The zero-order chi connectivity index (χ0) is 17.1. The van der Waals surface area contributed by atoms with Crippen LogP contribution in [0.1, 0.15) is 38.1 Å². The average Bonchev–Trinajstić information content (AvgIpc) is 2.98. The van der Waals surface area contributed by atoms with Crippen LogP contribution >= 0.6 is 11.3 Å². The molecule has 0 aliphatic heterocycles. The first kappa shape index (κ1) is 16.4. The maximum atomic E-state index is 12.1. The summed E-state index contributed by atoms with van der Waals surface area (Å²) < 4.78 is 6.88. The van der Waals surface area contributed by atoms with Gasteiger partial charge in [0.15, 0.2) is 0 Å². The molecule has 0 amide bonds. The predicted molar refractivity (Wildman–Crippen MR) is 96.2 cm³/mol. The Morgan fingerprint density at radius 3 is 2.92 bits per heavy atom. The Morgan fingerprint density at radius 2 is 2.17 bits per heavy atom. The summed E-state index contributed by atoms with van der Waals surface area (Å²) in [4.78, 5) is 17.1. The van der Waals surface area contributed by atoms with Crippen LogP contribution in [0, 0.1) is 0 Å². The van der Waals surface area contributed by atoms with E-state index in [4.69, 9.17) is 4.74 Å². The van der Waals surface area contributed by atoms with Crippen LogP contribution in [0.25, 0.3) is 4.96 Å². The van der Waals surface area contributed by atoms with Crippen LogP contribution in [0.2, 0.25) is 0 Å². The van der Waals surface area contributed by atoms with Crippen molar-refractivity contribution in [3.63, 3.8) is 0 Å². The van der Waals surface area contributed by atoms with Gasteiger partial charge in [-0.15, -0.1) is 5.10 Å². The van der Waals surface area contributed by atoms with Gasteiger partial charge in [-0.3, -0.25) is 4.79 Å². The van der Waals surface area contributed by atoms with Crippen molar-refractivity contribution in [3.8, 4) is 5.75 Å². The summed E-state index contributed by atoms with van der Waals surface area (Å²) in [6.45, 7) is 6.62. The number of hydrogen-bond acceptors (Lipinski definition) is 6. The summed E-state index contributed by atoms with van der Waals surface area (Å²) in [5, 5.41) is 8.33. The average molecular weight is 344 g/mol. The smallest absolute Gasteiger partial charge is 0.275 e. The van der Waals surface area contributed by atoms with Gasteiger partial charge in [-0.25, -0.2) is 4.98 Å². The Balaban J connectivity index is 1.85. The summed E-state index contributed by atoms with van der Waals surface area (Å²) in [6, 6.07) is 9.52. The standard InChI is InChI=1S/C17H20N4O2S/c1-4-13-10-15(22)21-17(19-13)24-16(20-21)18-11(3)12-7-6-8-14(9-12)23-5-2/h6-11H,4-5H2,1-3H3,(H,18,20). The molecule has 7 heteroatoms. The number of anilines is 1. The number of aromatic nitrogens is 3. The molecule has 0 aliphatic rings. The number of aryl methyl sites for hydroxylation is 1. The number of rotatable bonds is 6. The summed E-state index contributed by atoms with van der Waals surface area (Å²) in [7, 11) is 0. The lowest BCUT2D eigenvalue weighted by Gasteiger charge is -2.14. The van der Waals surface area contributed by atoms with E-state index in [0.717, 1.165) is 23.4 Å². The molecule has 126 valence electrons. The Bertz CT molecular complexity index is 903. The lowest BCUT2D eigenvalue weighted by molar-refractivity contribution is 0.340. The molecule has 0 spiro atoms. The number of nitrogens with one attached hydrogen (secondary N) is 1. The van der Waals surface area contributed by atoms with Gasteiger partial charge >= 0.3 is 0 Å². The minimum absolute atomic E-state index is 0.0346. The van der Waals surface area contributed by atoms with Gasteiger partial charge in [-0.1, -0.05) is 30.4 Å². The van der Waals surface area contributed by atoms with Crippen molar-refractivity contribution < 1.29 is 4.74 Å². The van der Waals surface area contributed by atoms with Crippen LogP contribution in [0.15, 0.2) is 35.1 Å². The molecule has 24 heavy (non-hydrogen) atoms. The van der Waals surface area contributed by atoms with E-state index >= 15 is 0 Å². The van der Waals surface area contributed by atoms with Crippen molar-refractivity contribution >= 4 is 21.4 Å². The molecular formula is C17H20N4O2S. The quantitative estimate of drug-likeness (QED) is 0.743. The van der Waals surface area contributed by atoms with E-state index in [9.17, 15) is 4.79 Å². The van der Waals surface area contributed by atoms with Crippen LogP contribution in [-0.4, -0.2) is 21.2 Å². The van der Waals surface area contributed by atoms with E-state index in [1.54, 1.807) is 0 Å². The lowest BCUT2D eigenvalue weighted by Crippen LogP contribution is -2.15. The van der Waals surface area contributed by atoms with E-state index in [-0.39, 0.29) is 11.6 Å². The van der Waals surface area contributed by atoms with E-state index in [1.165, 1.54) is 21.9 Å². The zero-order valence-corrected chi connectivity index (χ0v) is 14.8. The summed E-state index contributed by atoms with van der Waals surface area (Å²) in [5.74, 6) is 0.846. The Kier molecular flexibility index (Phi) is 4.80. The van der Waals surface area contributed by atoms with Crippen molar-refractivity contribution in [3.05, 3.63) is 51.9 Å².